The second-order valence-corrected chi connectivity index (χ2v) is 9.65. The quantitative estimate of drug-likeness (QED) is 0.266. The Kier molecular flexibility index (Phi) is 12.7. The van der Waals surface area contributed by atoms with Crippen molar-refractivity contribution in [3.63, 3.8) is 0 Å². The summed E-state index contributed by atoms with van der Waals surface area (Å²) in [5.41, 5.74) is 3.27. The van der Waals surface area contributed by atoms with Crippen LogP contribution in [0.1, 0.15) is 48.0 Å². The van der Waals surface area contributed by atoms with Gasteiger partial charge in [0.05, 0.1) is 13.2 Å². The molecule has 0 aromatic rings. The average Bonchev–Trinajstić information content (AvgIpc) is 2.81. The molecule has 0 aromatic heterocycles. The molecule has 5 unspecified atom stereocenters. The van der Waals surface area contributed by atoms with Gasteiger partial charge in [-0.15, -0.1) is 0 Å². The van der Waals surface area contributed by atoms with Crippen molar-refractivity contribution >= 4 is 5.78 Å². The number of hydrogen-bond acceptors (Lipinski definition) is 7. The molecule has 0 aromatic carbocycles. The van der Waals surface area contributed by atoms with Crippen molar-refractivity contribution in [2.75, 3.05) is 13.2 Å². The van der Waals surface area contributed by atoms with Crippen LogP contribution in [0.3, 0.4) is 0 Å². The number of allylic oxidation sites excluding steroid dienone is 11. The van der Waals surface area contributed by atoms with E-state index in [1.807, 2.05) is 83.2 Å². The Balaban J connectivity index is 2.90. The second-order valence-electron chi connectivity index (χ2n) is 9.65. The summed E-state index contributed by atoms with van der Waals surface area (Å²) < 4.78 is 5.62. The minimum absolute atomic E-state index is 0.201. The van der Waals surface area contributed by atoms with Crippen molar-refractivity contribution in [1.29, 1.82) is 0 Å². The molecule has 0 radical (unpaired) electrons. The van der Waals surface area contributed by atoms with Gasteiger partial charge in [0.1, 0.15) is 30.5 Å². The van der Waals surface area contributed by atoms with Crippen LogP contribution in [0.25, 0.3) is 0 Å². The molecule has 0 saturated carbocycles. The molecule has 1 rings (SSSR count). The first-order valence-electron chi connectivity index (χ1n) is 11.9. The van der Waals surface area contributed by atoms with Crippen molar-refractivity contribution in [2.45, 2.75) is 78.5 Å². The summed E-state index contributed by atoms with van der Waals surface area (Å²) >= 11 is 0. The van der Waals surface area contributed by atoms with Crippen molar-refractivity contribution in [1.82, 2.24) is 0 Å². The summed E-state index contributed by atoms with van der Waals surface area (Å²) in [7, 11) is 0. The van der Waals surface area contributed by atoms with E-state index in [4.69, 9.17) is 9.84 Å². The van der Waals surface area contributed by atoms with Gasteiger partial charge in [0, 0.05) is 0 Å². The first-order valence-corrected chi connectivity index (χ1v) is 11.9. The maximum atomic E-state index is 13.0. The minimum atomic E-state index is -1.74. The van der Waals surface area contributed by atoms with E-state index >= 15 is 0 Å². The summed E-state index contributed by atoms with van der Waals surface area (Å²) in [6.07, 6.45) is 8.87. The van der Waals surface area contributed by atoms with Gasteiger partial charge in [0.25, 0.3) is 0 Å². The zero-order chi connectivity index (χ0) is 26.8. The van der Waals surface area contributed by atoms with E-state index in [9.17, 15) is 25.2 Å². The fraction of sp³-hybridized carbons (Fsp3) is 0.536. The molecule has 196 valence electrons. The van der Waals surface area contributed by atoms with Crippen LogP contribution in [0.15, 0.2) is 70.9 Å². The number of carbonyl (C=O) groups excluding carboxylic acids is 1. The molecule has 5 N–H and O–H groups in total. The highest BCUT2D eigenvalue weighted by molar-refractivity contribution is 6.00. The second kappa shape index (κ2) is 14.4. The molecular weight excluding hydrogens is 448 g/mol. The molecule has 7 nitrogen and oxygen atoms in total. The monoisotopic (exact) mass is 490 g/mol. The molecule has 0 spiro atoms. The summed E-state index contributed by atoms with van der Waals surface area (Å²) in [5.74, 6) is -0.201. The number of ketones is 1. The van der Waals surface area contributed by atoms with E-state index in [0.29, 0.717) is 12.0 Å². The number of Topliss-reactive ketones (excluding diaryl/α,β-unsaturated/α-hetero) is 1. The number of aliphatic hydroxyl groups is 5. The number of hydrogen-bond donors (Lipinski definition) is 5. The molecule has 0 amide bonds. The fourth-order valence-corrected chi connectivity index (χ4v) is 3.84. The van der Waals surface area contributed by atoms with E-state index in [1.165, 1.54) is 0 Å². The maximum absolute atomic E-state index is 13.0. The Morgan fingerprint density at radius 2 is 1.60 bits per heavy atom. The maximum Gasteiger partial charge on any atom is 0.187 e. The number of aliphatic hydroxyl groups excluding tert-OH is 5. The molecule has 0 bridgehead atoms. The first kappa shape index (κ1) is 30.9. The van der Waals surface area contributed by atoms with E-state index in [2.05, 4.69) is 0 Å². The van der Waals surface area contributed by atoms with Gasteiger partial charge < -0.3 is 30.3 Å². The molecule has 0 fully saturated rings. The summed E-state index contributed by atoms with van der Waals surface area (Å²) in [6.45, 7) is 10.6. The molecule has 1 aliphatic rings. The summed E-state index contributed by atoms with van der Waals surface area (Å²) in [6, 6.07) is 0. The van der Waals surface area contributed by atoms with Crippen molar-refractivity contribution in [3.05, 3.63) is 70.9 Å². The zero-order valence-electron chi connectivity index (χ0n) is 21.7. The topological polar surface area (TPSA) is 127 Å². The zero-order valence-corrected chi connectivity index (χ0v) is 21.7. The Bertz CT molecular complexity index is 889. The third kappa shape index (κ3) is 9.44. The predicted octanol–water partition coefficient (Wildman–Crippen LogP) is 2.70. The van der Waals surface area contributed by atoms with Crippen LogP contribution < -0.4 is 0 Å². The van der Waals surface area contributed by atoms with Crippen LogP contribution in [-0.2, 0) is 9.53 Å². The van der Waals surface area contributed by atoms with Crippen molar-refractivity contribution < 1.29 is 35.1 Å². The number of ether oxygens (including phenoxy) is 1. The van der Waals surface area contributed by atoms with Crippen LogP contribution in [0, 0.1) is 5.41 Å². The van der Waals surface area contributed by atoms with Gasteiger partial charge in [-0.3, -0.25) is 4.79 Å². The summed E-state index contributed by atoms with van der Waals surface area (Å²) in [5, 5.41) is 48.1. The molecule has 1 aliphatic carbocycles. The third-order valence-corrected chi connectivity index (χ3v) is 6.07. The predicted molar refractivity (Wildman–Crippen MR) is 138 cm³/mol. The van der Waals surface area contributed by atoms with Gasteiger partial charge >= 0.3 is 0 Å². The van der Waals surface area contributed by atoms with E-state index in [1.54, 1.807) is 6.92 Å². The van der Waals surface area contributed by atoms with Crippen LogP contribution in [0.4, 0.5) is 0 Å². The highest BCUT2D eigenvalue weighted by Gasteiger charge is 2.39. The Morgan fingerprint density at radius 3 is 2.20 bits per heavy atom. The van der Waals surface area contributed by atoms with Crippen molar-refractivity contribution in [2.24, 2.45) is 5.41 Å². The smallest absolute Gasteiger partial charge is 0.187 e. The van der Waals surface area contributed by atoms with Gasteiger partial charge in [-0.2, -0.15) is 0 Å². The summed E-state index contributed by atoms with van der Waals surface area (Å²) in [4.78, 5) is 13.0. The lowest BCUT2D eigenvalue weighted by molar-refractivity contribution is -0.146. The Morgan fingerprint density at radius 1 is 1.03 bits per heavy atom. The Labute approximate surface area is 209 Å². The van der Waals surface area contributed by atoms with E-state index < -0.39 is 43.7 Å². The molecular formula is C28H42O7. The lowest BCUT2D eigenvalue weighted by atomic mass is 9.71. The number of carbonyl (C=O) groups is 1. The van der Waals surface area contributed by atoms with Gasteiger partial charge in [-0.1, -0.05) is 73.6 Å². The SMILES string of the molecule is CC=CC=C(C)C=CC=C(C)C=CC1=C(C)C(=O)C(OCC(O)C(O)C(O)C(O)CO)CC1(C)C. The van der Waals surface area contributed by atoms with Crippen LogP contribution in [0.5, 0.6) is 0 Å². The normalized spacial score (nSPS) is 23.5. The molecule has 7 heteroatoms. The Hall–Kier alpha value is -2.13. The van der Waals surface area contributed by atoms with Crippen molar-refractivity contribution in [3.8, 4) is 0 Å². The highest BCUT2D eigenvalue weighted by atomic mass is 16.5. The third-order valence-electron chi connectivity index (χ3n) is 6.07. The van der Waals surface area contributed by atoms with Crippen LogP contribution in [0.2, 0.25) is 0 Å². The standard InChI is InChI=1S/C28H42O7/c1-7-8-10-18(2)11-9-12-19(3)13-14-21-20(4)25(32)24(15-28(21,5)6)35-17-23(31)27(34)26(33)22(30)16-29/h7-14,22-24,26-27,29-31,33-34H,15-17H2,1-6H3. The fourth-order valence-electron chi connectivity index (χ4n) is 3.84. The molecule has 0 heterocycles. The van der Waals surface area contributed by atoms with E-state index in [0.717, 1.165) is 16.7 Å². The van der Waals surface area contributed by atoms with E-state index in [-0.39, 0.29) is 11.2 Å². The molecule has 0 saturated heterocycles. The molecule has 5 atom stereocenters. The highest BCUT2D eigenvalue weighted by Crippen LogP contribution is 2.40. The minimum Gasteiger partial charge on any atom is -0.394 e. The molecule has 0 aliphatic heterocycles. The van der Waals surface area contributed by atoms with Gasteiger partial charge in [0.15, 0.2) is 5.78 Å². The van der Waals surface area contributed by atoms with Gasteiger partial charge in [0.2, 0.25) is 0 Å². The van der Waals surface area contributed by atoms with Crippen LogP contribution >= 0.6 is 0 Å². The van der Waals surface area contributed by atoms with Gasteiger partial charge in [-0.25, -0.2) is 0 Å². The average molecular weight is 491 g/mol. The first-order chi connectivity index (χ1) is 16.3. The number of rotatable bonds is 12. The lowest BCUT2D eigenvalue weighted by Gasteiger charge is -2.37. The van der Waals surface area contributed by atoms with Crippen LogP contribution in [-0.4, -0.2) is 75.0 Å². The van der Waals surface area contributed by atoms with Gasteiger partial charge in [-0.05, 0) is 50.7 Å². The molecule has 35 heavy (non-hydrogen) atoms. The largest absolute Gasteiger partial charge is 0.394 e. The lowest BCUT2D eigenvalue weighted by Crippen LogP contribution is -2.48.